The number of thiol groups is 1. The predicted octanol–water partition coefficient (Wildman–Crippen LogP) is 3.84. The van der Waals surface area contributed by atoms with Crippen LogP contribution in [0.4, 0.5) is 0 Å². The second kappa shape index (κ2) is 17.1. The van der Waals surface area contributed by atoms with Crippen molar-refractivity contribution < 1.29 is 19.7 Å². The van der Waals surface area contributed by atoms with Gasteiger partial charge in [0.15, 0.2) is 11.5 Å². The van der Waals surface area contributed by atoms with E-state index in [2.05, 4.69) is 50.7 Å². The van der Waals surface area contributed by atoms with Gasteiger partial charge in [-0.15, -0.1) is 0 Å². The molecular weight excluding hydrogens is 573 g/mol. The third-order valence-electron chi connectivity index (χ3n) is 4.81. The van der Waals surface area contributed by atoms with Gasteiger partial charge in [-0.05, 0) is 27.1 Å². The number of rotatable bonds is 8. The van der Waals surface area contributed by atoms with Crippen LogP contribution in [0.2, 0.25) is 0 Å². The molecule has 38 heavy (non-hydrogen) atoms. The molecule has 2 aromatic heterocycles. The number of aromatic nitrogens is 2. The Kier molecular flexibility index (Phi) is 13.9. The van der Waals surface area contributed by atoms with Crippen LogP contribution in [0.15, 0.2) is 97.5 Å². The van der Waals surface area contributed by atoms with Gasteiger partial charge in [0, 0.05) is 24.2 Å². The summed E-state index contributed by atoms with van der Waals surface area (Å²) < 4.78 is 13.8. The van der Waals surface area contributed by atoms with Gasteiger partial charge in [-0.1, -0.05) is 60.7 Å². The Bertz CT molecular complexity index is 1390. The van der Waals surface area contributed by atoms with Gasteiger partial charge in [0.1, 0.15) is 13.2 Å². The van der Waals surface area contributed by atoms with Crippen LogP contribution in [0.1, 0.15) is 22.5 Å². The van der Waals surface area contributed by atoms with Gasteiger partial charge >= 0.3 is 24.8 Å². The number of H-pyrrole nitrogens is 2. The Balaban J connectivity index is 0.000000242. The predicted molar refractivity (Wildman–Crippen MR) is 152 cm³/mol. The molecule has 0 aliphatic rings. The number of nitrogens with one attached hydrogen (secondary N) is 2. The van der Waals surface area contributed by atoms with Crippen LogP contribution in [0, 0.1) is 0 Å². The number of aliphatic hydroxyl groups is 2. The normalized spacial score (nSPS) is 9.76. The Hall–Kier alpha value is -3.45. The van der Waals surface area contributed by atoms with Crippen LogP contribution < -0.4 is 20.3 Å². The molecule has 0 amide bonds. The summed E-state index contributed by atoms with van der Waals surface area (Å²) in [5.74, 6) is 0.481. The standard InChI is InChI=1S/C13H12BrNO3.C13H13NO3.BHNS/c14-12-10(7-16)15-6-11(13(12)17)18-8-9-4-2-1-3-5-9;15-8-11-6-12(16)13(7-14-11)17-9-10-4-2-1-3-5-10;1-2-3/h1-6,16H,7-8H2,(H,15,17);1-7,15H,8-9H2,(H,14,16);3H. The molecule has 0 saturated carbocycles. The molecule has 0 unspecified atom stereocenters. The van der Waals surface area contributed by atoms with Crippen LogP contribution in [-0.4, -0.2) is 27.8 Å². The number of nitrogens with zero attached hydrogens (tertiary/aromatic N) is 1. The maximum atomic E-state index is 11.9. The van der Waals surface area contributed by atoms with E-state index < -0.39 is 0 Å². The van der Waals surface area contributed by atoms with E-state index in [-0.39, 0.29) is 35.6 Å². The second-order valence-corrected chi connectivity index (χ2v) is 8.47. The molecule has 0 aliphatic carbocycles. The fourth-order valence-corrected chi connectivity index (χ4v) is 3.36. The van der Waals surface area contributed by atoms with E-state index in [0.717, 1.165) is 11.1 Å². The van der Waals surface area contributed by atoms with E-state index in [1.807, 2.05) is 60.7 Å². The van der Waals surface area contributed by atoms with Crippen molar-refractivity contribution in [2.45, 2.75) is 26.4 Å². The Morgan fingerprint density at radius 3 is 1.82 bits per heavy atom. The van der Waals surface area contributed by atoms with E-state index in [1.54, 1.807) is 0 Å². The number of benzene rings is 2. The zero-order valence-electron chi connectivity index (χ0n) is 20.2. The van der Waals surface area contributed by atoms with Gasteiger partial charge in [0.2, 0.25) is 10.9 Å². The molecule has 0 fully saturated rings. The molecule has 0 aliphatic heterocycles. The molecule has 9 nitrogen and oxygen atoms in total. The number of ether oxygens (including phenoxy) is 2. The molecule has 2 heterocycles. The van der Waals surface area contributed by atoms with Crippen molar-refractivity contribution in [2.24, 2.45) is 4.30 Å². The average molecular weight is 599 g/mol. The molecule has 2 aromatic carbocycles. The second-order valence-electron chi connectivity index (χ2n) is 7.44. The summed E-state index contributed by atoms with van der Waals surface area (Å²) in [6.07, 6.45) is 2.93. The molecule has 4 aromatic rings. The molecule has 197 valence electrons. The van der Waals surface area contributed by atoms with Crippen LogP contribution in [-0.2, 0) is 26.4 Å². The summed E-state index contributed by atoms with van der Waals surface area (Å²) in [5.41, 5.74) is 2.39. The fraction of sp³-hybridized carbons (Fsp3) is 0.154. The minimum atomic E-state index is -0.270. The first-order valence-corrected chi connectivity index (χ1v) is 12.3. The van der Waals surface area contributed by atoms with Crippen LogP contribution in [0.3, 0.4) is 0 Å². The zero-order valence-corrected chi connectivity index (χ0v) is 22.7. The molecule has 1 radical (unpaired) electrons. The summed E-state index contributed by atoms with van der Waals surface area (Å²) in [6, 6.07) is 20.5. The Morgan fingerprint density at radius 2 is 1.34 bits per heavy atom. The molecule has 4 rings (SSSR count). The first-order chi connectivity index (χ1) is 18.4. The number of hydrogen-bond acceptors (Lipinski definition) is 8. The van der Waals surface area contributed by atoms with E-state index in [1.165, 1.54) is 18.5 Å². The van der Waals surface area contributed by atoms with E-state index in [4.69, 9.17) is 19.7 Å². The average Bonchev–Trinajstić information content (AvgIpc) is 2.95. The van der Waals surface area contributed by atoms with E-state index in [9.17, 15) is 9.59 Å². The molecule has 0 spiro atoms. The topological polar surface area (TPSA) is 137 Å². The Labute approximate surface area is 234 Å². The van der Waals surface area contributed by atoms with Crippen molar-refractivity contribution >= 4 is 36.4 Å². The summed E-state index contributed by atoms with van der Waals surface area (Å²) in [6.45, 7) is 0.264. The first kappa shape index (κ1) is 30.8. The summed E-state index contributed by atoms with van der Waals surface area (Å²) in [7, 11) is 4.34. The van der Waals surface area contributed by atoms with Crippen molar-refractivity contribution in [2.75, 3.05) is 0 Å². The number of halogens is 1. The van der Waals surface area contributed by atoms with Crippen molar-refractivity contribution in [3.05, 3.63) is 127 Å². The van der Waals surface area contributed by atoms with Gasteiger partial charge in [-0.3, -0.25) is 9.59 Å². The van der Waals surface area contributed by atoms with Crippen molar-refractivity contribution in [3.8, 4) is 11.5 Å². The quantitative estimate of drug-likeness (QED) is 0.154. The number of aromatic amines is 2. The summed E-state index contributed by atoms with van der Waals surface area (Å²) in [5, 5.41) is 17.9. The maximum absolute atomic E-state index is 11.9. The minimum absolute atomic E-state index is 0.186. The number of hydrogen-bond donors (Lipinski definition) is 5. The molecule has 0 saturated heterocycles. The van der Waals surface area contributed by atoms with E-state index in [0.29, 0.717) is 29.1 Å². The van der Waals surface area contributed by atoms with Crippen molar-refractivity contribution in [3.63, 3.8) is 0 Å². The van der Waals surface area contributed by atoms with Gasteiger partial charge in [0.25, 0.3) is 0 Å². The number of aliphatic hydroxyl groups excluding tert-OH is 2. The molecule has 0 atom stereocenters. The molecular formula is C26H26BBrN3O6S. The van der Waals surface area contributed by atoms with Gasteiger partial charge in [-0.2, -0.15) is 0 Å². The van der Waals surface area contributed by atoms with Crippen LogP contribution in [0.5, 0.6) is 11.5 Å². The first-order valence-electron chi connectivity index (χ1n) is 11.1. The van der Waals surface area contributed by atoms with E-state index >= 15 is 0 Å². The number of pyridine rings is 2. The van der Waals surface area contributed by atoms with Crippen LogP contribution in [0.25, 0.3) is 0 Å². The van der Waals surface area contributed by atoms with Crippen molar-refractivity contribution in [1.82, 2.24) is 9.97 Å². The van der Waals surface area contributed by atoms with Gasteiger partial charge in [-0.25, -0.2) is 0 Å². The van der Waals surface area contributed by atoms with Crippen LogP contribution >= 0.6 is 28.7 Å². The summed E-state index contributed by atoms with van der Waals surface area (Å²) >= 11 is 6.33. The monoisotopic (exact) mass is 598 g/mol. The molecule has 4 N–H and O–H groups in total. The fourth-order valence-electron chi connectivity index (χ4n) is 2.92. The van der Waals surface area contributed by atoms with Crippen molar-refractivity contribution in [1.29, 1.82) is 0 Å². The SMILES string of the molecule is O=c1c(OCc2ccccc2)c[nH]c(CO)c1Br.O=c1cc(CO)[nH]cc1OCc1ccccc1.[B]=NS. The Morgan fingerprint density at radius 1 is 0.842 bits per heavy atom. The van der Waals surface area contributed by atoms with Gasteiger partial charge < -0.3 is 29.7 Å². The molecule has 12 heteroatoms. The summed E-state index contributed by atoms with van der Waals surface area (Å²) in [4.78, 5) is 29.0. The third kappa shape index (κ3) is 10.1. The zero-order chi connectivity index (χ0) is 27.8. The molecule has 0 bridgehead atoms. The third-order valence-corrected chi connectivity index (χ3v) is 5.64. The van der Waals surface area contributed by atoms with Gasteiger partial charge in [0.05, 0.1) is 23.4 Å².